The van der Waals surface area contributed by atoms with Gasteiger partial charge in [-0.25, -0.2) is 8.42 Å². The third kappa shape index (κ3) is 7.79. The van der Waals surface area contributed by atoms with Crippen LogP contribution in [0, 0.1) is 0 Å². The third-order valence-corrected chi connectivity index (χ3v) is 5.66. The molecule has 0 fully saturated rings. The molecular weight excluding hydrogens is 416 g/mol. The maximum Gasteiger partial charge on any atom is 0.240 e. The fourth-order valence-electron chi connectivity index (χ4n) is 2.89. The van der Waals surface area contributed by atoms with Crippen molar-refractivity contribution in [3.8, 4) is 11.5 Å². The second-order valence-corrected chi connectivity index (χ2v) is 10.1. The molecule has 0 heterocycles. The molecule has 0 saturated carbocycles. The Balaban J connectivity index is 1.90. The van der Waals surface area contributed by atoms with E-state index in [1.807, 2.05) is 31.2 Å². The topological polar surface area (TPSA) is 84.9 Å². The molecule has 1 N–H and O–H groups in total. The van der Waals surface area contributed by atoms with Gasteiger partial charge in [0.2, 0.25) is 15.9 Å². The number of carbonyl (C=O) groups is 1. The number of anilines is 1. The average molecular weight is 449 g/mol. The Hall–Kier alpha value is -2.74. The minimum absolute atomic E-state index is 0.0696. The standard InChI is InChI=1S/C23H32N2O5S/c1-6-29-21-9-7-8-19(16-21)25(31(5,27)28)17-22(26)24-14-15-30-20-12-10-18(11-13-20)23(2,3)4/h7-13,16H,6,14-15,17H2,1-5H3,(H,24,26). The zero-order valence-electron chi connectivity index (χ0n) is 18.8. The summed E-state index contributed by atoms with van der Waals surface area (Å²) in [4.78, 5) is 12.3. The lowest BCUT2D eigenvalue weighted by molar-refractivity contribution is -0.119. The van der Waals surface area contributed by atoms with Crippen LogP contribution in [-0.4, -0.2) is 46.9 Å². The Labute approximate surface area is 185 Å². The predicted molar refractivity (Wildman–Crippen MR) is 123 cm³/mol. The van der Waals surface area contributed by atoms with Gasteiger partial charge >= 0.3 is 0 Å². The van der Waals surface area contributed by atoms with E-state index >= 15 is 0 Å². The number of carbonyl (C=O) groups excluding carboxylic acids is 1. The van der Waals surface area contributed by atoms with E-state index in [2.05, 4.69) is 26.1 Å². The van der Waals surface area contributed by atoms with Gasteiger partial charge in [0.1, 0.15) is 24.7 Å². The molecule has 170 valence electrons. The normalized spacial score (nSPS) is 11.6. The van der Waals surface area contributed by atoms with Gasteiger partial charge in [-0.2, -0.15) is 0 Å². The van der Waals surface area contributed by atoms with E-state index in [-0.39, 0.29) is 25.1 Å². The molecule has 0 bridgehead atoms. The number of benzene rings is 2. The molecule has 0 atom stereocenters. The van der Waals surface area contributed by atoms with Crippen LogP contribution < -0.4 is 19.1 Å². The number of amides is 1. The molecule has 0 saturated heterocycles. The maximum absolute atomic E-state index is 12.3. The number of nitrogens with zero attached hydrogens (tertiary/aromatic N) is 1. The second-order valence-electron chi connectivity index (χ2n) is 8.17. The van der Waals surface area contributed by atoms with Crippen LogP contribution >= 0.6 is 0 Å². The summed E-state index contributed by atoms with van der Waals surface area (Å²) < 4.78 is 36.6. The van der Waals surface area contributed by atoms with Crippen LogP contribution in [0.4, 0.5) is 5.69 Å². The van der Waals surface area contributed by atoms with E-state index in [0.717, 1.165) is 10.6 Å². The lowest BCUT2D eigenvalue weighted by Gasteiger charge is -2.22. The van der Waals surface area contributed by atoms with Crippen molar-refractivity contribution < 1.29 is 22.7 Å². The number of sulfonamides is 1. The highest BCUT2D eigenvalue weighted by molar-refractivity contribution is 7.92. The van der Waals surface area contributed by atoms with Crippen molar-refractivity contribution in [2.24, 2.45) is 0 Å². The monoisotopic (exact) mass is 448 g/mol. The molecule has 31 heavy (non-hydrogen) atoms. The van der Waals surface area contributed by atoms with E-state index in [1.54, 1.807) is 24.3 Å². The zero-order chi connectivity index (χ0) is 23.1. The van der Waals surface area contributed by atoms with Crippen LogP contribution in [0.3, 0.4) is 0 Å². The van der Waals surface area contributed by atoms with E-state index in [4.69, 9.17) is 9.47 Å². The summed E-state index contributed by atoms with van der Waals surface area (Å²) in [6.07, 6.45) is 1.07. The first-order valence-electron chi connectivity index (χ1n) is 10.2. The van der Waals surface area contributed by atoms with Gasteiger partial charge in [-0.15, -0.1) is 0 Å². The Kier molecular flexibility index (Phi) is 8.33. The van der Waals surface area contributed by atoms with Gasteiger partial charge in [0.05, 0.1) is 25.1 Å². The van der Waals surface area contributed by atoms with Gasteiger partial charge in [0, 0.05) is 6.07 Å². The molecule has 1 amide bonds. The largest absolute Gasteiger partial charge is 0.494 e. The van der Waals surface area contributed by atoms with Crippen molar-refractivity contribution in [2.45, 2.75) is 33.1 Å². The number of rotatable bonds is 10. The van der Waals surface area contributed by atoms with Crippen LogP contribution in [0.15, 0.2) is 48.5 Å². The summed E-state index contributed by atoms with van der Waals surface area (Å²) in [6.45, 7) is 8.95. The van der Waals surface area contributed by atoms with Crippen molar-refractivity contribution in [1.29, 1.82) is 0 Å². The Bertz CT molecular complexity index is 966. The minimum atomic E-state index is -3.65. The zero-order valence-corrected chi connectivity index (χ0v) is 19.7. The summed E-state index contributed by atoms with van der Waals surface area (Å²) in [7, 11) is -3.65. The predicted octanol–water partition coefficient (Wildman–Crippen LogP) is 3.34. The van der Waals surface area contributed by atoms with Crippen molar-refractivity contribution >= 4 is 21.6 Å². The van der Waals surface area contributed by atoms with Gasteiger partial charge in [-0.05, 0) is 42.2 Å². The van der Waals surface area contributed by atoms with Crippen molar-refractivity contribution in [2.75, 3.05) is 36.9 Å². The fraction of sp³-hybridized carbons (Fsp3) is 0.435. The first-order valence-corrected chi connectivity index (χ1v) is 12.1. The molecular formula is C23H32N2O5S. The molecule has 2 aromatic carbocycles. The highest BCUT2D eigenvalue weighted by Gasteiger charge is 2.21. The molecule has 0 aliphatic carbocycles. The lowest BCUT2D eigenvalue weighted by atomic mass is 9.87. The molecule has 0 aromatic heterocycles. The first kappa shape index (κ1) is 24.5. The van der Waals surface area contributed by atoms with Crippen molar-refractivity contribution in [3.63, 3.8) is 0 Å². The lowest BCUT2D eigenvalue weighted by Crippen LogP contribution is -2.41. The van der Waals surface area contributed by atoms with Crippen LogP contribution in [0.1, 0.15) is 33.3 Å². The van der Waals surface area contributed by atoms with Crippen LogP contribution in [-0.2, 0) is 20.2 Å². The highest BCUT2D eigenvalue weighted by atomic mass is 32.2. The SMILES string of the molecule is CCOc1cccc(N(CC(=O)NCCOc2ccc(C(C)(C)C)cc2)S(C)(=O)=O)c1. The van der Waals surface area contributed by atoms with Gasteiger partial charge in [0.25, 0.3) is 0 Å². The summed E-state index contributed by atoms with van der Waals surface area (Å²) >= 11 is 0. The summed E-state index contributed by atoms with van der Waals surface area (Å²) in [5, 5.41) is 2.70. The maximum atomic E-state index is 12.3. The van der Waals surface area contributed by atoms with Gasteiger partial charge in [-0.3, -0.25) is 9.10 Å². The number of ether oxygens (including phenoxy) is 2. The summed E-state index contributed by atoms with van der Waals surface area (Å²) in [6, 6.07) is 14.5. The smallest absolute Gasteiger partial charge is 0.240 e. The average Bonchev–Trinajstić information content (AvgIpc) is 2.69. The molecule has 0 aliphatic rings. The molecule has 0 spiro atoms. The summed E-state index contributed by atoms with van der Waals surface area (Å²) in [5.74, 6) is 0.839. The van der Waals surface area contributed by atoms with Gasteiger partial charge < -0.3 is 14.8 Å². The van der Waals surface area contributed by atoms with Gasteiger partial charge in [-0.1, -0.05) is 39.0 Å². The second kappa shape index (κ2) is 10.5. The Morgan fingerprint density at radius 2 is 1.71 bits per heavy atom. The molecule has 0 radical (unpaired) electrons. The van der Waals surface area contributed by atoms with E-state index in [1.165, 1.54) is 5.56 Å². The van der Waals surface area contributed by atoms with Gasteiger partial charge in [0.15, 0.2) is 0 Å². The van der Waals surface area contributed by atoms with E-state index in [9.17, 15) is 13.2 Å². The number of hydrogen-bond donors (Lipinski definition) is 1. The van der Waals surface area contributed by atoms with E-state index in [0.29, 0.717) is 23.8 Å². The highest BCUT2D eigenvalue weighted by Crippen LogP contribution is 2.24. The van der Waals surface area contributed by atoms with Crippen LogP contribution in [0.5, 0.6) is 11.5 Å². The number of hydrogen-bond acceptors (Lipinski definition) is 5. The van der Waals surface area contributed by atoms with Crippen LogP contribution in [0.2, 0.25) is 0 Å². The summed E-state index contributed by atoms with van der Waals surface area (Å²) in [5.41, 5.74) is 1.65. The fourth-order valence-corrected chi connectivity index (χ4v) is 3.74. The Morgan fingerprint density at radius 1 is 1.03 bits per heavy atom. The third-order valence-electron chi connectivity index (χ3n) is 4.52. The molecule has 8 heteroatoms. The minimum Gasteiger partial charge on any atom is -0.494 e. The van der Waals surface area contributed by atoms with Crippen LogP contribution in [0.25, 0.3) is 0 Å². The quantitative estimate of drug-likeness (QED) is 0.564. The van der Waals surface area contributed by atoms with Crippen molar-refractivity contribution in [3.05, 3.63) is 54.1 Å². The van der Waals surface area contributed by atoms with Crippen molar-refractivity contribution in [1.82, 2.24) is 5.32 Å². The molecule has 0 unspecified atom stereocenters. The molecule has 7 nitrogen and oxygen atoms in total. The molecule has 2 rings (SSSR count). The molecule has 2 aromatic rings. The number of nitrogens with one attached hydrogen (secondary N) is 1. The molecule has 0 aliphatic heterocycles. The Morgan fingerprint density at radius 3 is 2.29 bits per heavy atom. The first-order chi connectivity index (χ1) is 14.5. The van der Waals surface area contributed by atoms with E-state index < -0.39 is 15.9 Å².